The Morgan fingerprint density at radius 1 is 0.500 bits per heavy atom. The molecule has 0 aromatic heterocycles. The van der Waals surface area contributed by atoms with Crippen molar-refractivity contribution in [3.05, 3.63) is 0 Å². The van der Waals surface area contributed by atoms with Crippen molar-refractivity contribution in [1.29, 1.82) is 0 Å². The fourth-order valence-electron chi connectivity index (χ4n) is 3.90. The number of quaternary nitrogens is 1. The molecule has 6 heteroatoms. The molecule has 6 nitrogen and oxygen atoms in total. The van der Waals surface area contributed by atoms with E-state index in [-0.39, 0.29) is 18.3 Å². The van der Waals surface area contributed by atoms with Gasteiger partial charge in [0.1, 0.15) is 0 Å². The smallest absolute Gasteiger partial charge is 0.303 e. The fraction of sp³-hybridized carbons (Fsp3) is 0.923. The maximum atomic E-state index is 10.1. The van der Waals surface area contributed by atoms with Gasteiger partial charge in [-0.15, -0.1) is 0 Å². The lowest BCUT2D eigenvalue weighted by Gasteiger charge is -2.39. The number of hydrogen-bond donors (Lipinski definition) is 2. The average molecular weight is 463 g/mol. The molecule has 0 aromatic carbocycles. The standard InChI is InChI=1S/C16H36N.C10H18O4.H2O/c1-5-9-13-17(14-10-6-2,15-11-7-3)16-12-8-4;11-9(12)7-5-3-1-2-4-6-8-10(13)14;/h5-16H2,1-4H3;1-8H2,(H,11,12)(H,13,14);1H2/q+1;;. The van der Waals surface area contributed by atoms with Crippen molar-refractivity contribution in [3.63, 3.8) is 0 Å². The van der Waals surface area contributed by atoms with E-state index >= 15 is 0 Å². The maximum Gasteiger partial charge on any atom is 0.303 e. The lowest BCUT2D eigenvalue weighted by molar-refractivity contribution is -0.929. The van der Waals surface area contributed by atoms with E-state index in [9.17, 15) is 9.59 Å². The zero-order valence-corrected chi connectivity index (χ0v) is 21.8. The molecule has 0 heterocycles. The second-order valence-corrected chi connectivity index (χ2v) is 9.06. The van der Waals surface area contributed by atoms with Gasteiger partial charge < -0.3 is 20.2 Å². The van der Waals surface area contributed by atoms with Gasteiger partial charge in [-0.1, -0.05) is 79.1 Å². The summed E-state index contributed by atoms with van der Waals surface area (Å²) in [5.74, 6) is -1.48. The van der Waals surface area contributed by atoms with Gasteiger partial charge in [-0.3, -0.25) is 9.59 Å². The molecule has 0 radical (unpaired) electrons. The number of nitrogens with zero attached hydrogens (tertiary/aromatic N) is 1. The molecule has 0 aliphatic carbocycles. The molecule has 0 amide bonds. The third kappa shape index (κ3) is 25.1. The Balaban J connectivity index is -0.000000519. The van der Waals surface area contributed by atoms with Crippen LogP contribution in [0, 0.1) is 0 Å². The summed E-state index contributed by atoms with van der Waals surface area (Å²) in [5, 5.41) is 16.7. The summed E-state index contributed by atoms with van der Waals surface area (Å²) in [7, 11) is 0. The zero-order chi connectivity index (χ0) is 23.8. The summed E-state index contributed by atoms with van der Waals surface area (Å²) in [4.78, 5) is 20.3. The molecule has 0 unspecified atom stereocenters. The van der Waals surface area contributed by atoms with E-state index < -0.39 is 11.9 Å². The van der Waals surface area contributed by atoms with Gasteiger partial charge in [0.25, 0.3) is 0 Å². The number of carboxylic acid groups (broad SMARTS) is 2. The maximum absolute atomic E-state index is 10.1. The van der Waals surface area contributed by atoms with Crippen LogP contribution in [0.2, 0.25) is 0 Å². The first kappa shape index (κ1) is 35.4. The van der Waals surface area contributed by atoms with Crippen LogP contribution >= 0.6 is 0 Å². The number of unbranched alkanes of at least 4 members (excludes halogenated alkanes) is 9. The number of carboxylic acids is 2. The molecule has 0 aromatic rings. The fourth-order valence-corrected chi connectivity index (χ4v) is 3.90. The molecule has 194 valence electrons. The van der Waals surface area contributed by atoms with Crippen LogP contribution in [0.25, 0.3) is 0 Å². The van der Waals surface area contributed by atoms with Gasteiger partial charge >= 0.3 is 11.9 Å². The van der Waals surface area contributed by atoms with Gasteiger partial charge in [-0.05, 0) is 38.5 Å². The van der Waals surface area contributed by atoms with Crippen LogP contribution in [0.1, 0.15) is 130 Å². The Bertz CT molecular complexity index is 358. The third-order valence-electron chi connectivity index (χ3n) is 5.98. The summed E-state index contributed by atoms with van der Waals surface area (Å²) >= 11 is 0. The normalized spacial score (nSPS) is 10.8. The molecule has 0 fully saturated rings. The van der Waals surface area contributed by atoms with E-state index in [4.69, 9.17) is 10.2 Å². The quantitative estimate of drug-likeness (QED) is 0.151. The van der Waals surface area contributed by atoms with E-state index in [1.807, 2.05) is 0 Å². The Hall–Kier alpha value is -1.14. The number of aliphatic carboxylic acids is 2. The summed E-state index contributed by atoms with van der Waals surface area (Å²) in [5.41, 5.74) is 0. The van der Waals surface area contributed by atoms with Crippen LogP contribution in [0.5, 0.6) is 0 Å². The van der Waals surface area contributed by atoms with E-state index in [1.54, 1.807) is 0 Å². The molecule has 0 aliphatic heterocycles. The van der Waals surface area contributed by atoms with Crippen LogP contribution in [-0.4, -0.2) is 58.3 Å². The highest BCUT2D eigenvalue weighted by Crippen LogP contribution is 2.16. The van der Waals surface area contributed by atoms with Gasteiger partial charge in [0, 0.05) is 12.8 Å². The van der Waals surface area contributed by atoms with Gasteiger partial charge in [0.2, 0.25) is 0 Å². The Labute approximate surface area is 198 Å². The molecular weight excluding hydrogens is 406 g/mol. The highest BCUT2D eigenvalue weighted by atomic mass is 16.4. The molecule has 0 spiro atoms. The molecule has 0 rings (SSSR count). The molecule has 0 atom stereocenters. The van der Waals surface area contributed by atoms with E-state index in [1.165, 1.54) is 82.0 Å². The summed E-state index contributed by atoms with van der Waals surface area (Å²) in [6.07, 6.45) is 16.9. The molecular formula is C26H56NO5+. The van der Waals surface area contributed by atoms with Crippen molar-refractivity contribution in [1.82, 2.24) is 0 Å². The summed E-state index contributed by atoms with van der Waals surface area (Å²) in [6.45, 7) is 15.0. The molecule has 0 bridgehead atoms. The van der Waals surface area contributed by atoms with Crippen molar-refractivity contribution >= 4 is 11.9 Å². The minimum absolute atomic E-state index is 0. The topological polar surface area (TPSA) is 106 Å². The Morgan fingerprint density at radius 2 is 0.750 bits per heavy atom. The summed E-state index contributed by atoms with van der Waals surface area (Å²) in [6, 6.07) is 0. The molecule has 4 N–H and O–H groups in total. The van der Waals surface area contributed by atoms with Crippen molar-refractivity contribution in [2.45, 2.75) is 130 Å². The Morgan fingerprint density at radius 3 is 0.969 bits per heavy atom. The minimum atomic E-state index is -0.740. The van der Waals surface area contributed by atoms with Crippen molar-refractivity contribution in [2.75, 3.05) is 26.2 Å². The largest absolute Gasteiger partial charge is 0.481 e. The third-order valence-corrected chi connectivity index (χ3v) is 5.98. The average Bonchev–Trinajstić information content (AvgIpc) is 2.74. The van der Waals surface area contributed by atoms with Crippen LogP contribution in [0.15, 0.2) is 0 Å². The first-order valence-corrected chi connectivity index (χ1v) is 13.2. The molecule has 0 saturated heterocycles. The first-order chi connectivity index (χ1) is 14.9. The number of hydrogen-bond acceptors (Lipinski definition) is 2. The Kier molecular flexibility index (Phi) is 28.9. The molecule has 0 saturated carbocycles. The lowest BCUT2D eigenvalue weighted by Crippen LogP contribution is -2.50. The highest BCUT2D eigenvalue weighted by molar-refractivity contribution is 5.66. The lowest BCUT2D eigenvalue weighted by atomic mass is 10.1. The van der Waals surface area contributed by atoms with Gasteiger partial charge in [0.15, 0.2) is 0 Å². The highest BCUT2D eigenvalue weighted by Gasteiger charge is 2.24. The van der Waals surface area contributed by atoms with E-state index in [2.05, 4.69) is 27.7 Å². The summed E-state index contributed by atoms with van der Waals surface area (Å²) < 4.78 is 1.42. The number of rotatable bonds is 21. The van der Waals surface area contributed by atoms with Crippen molar-refractivity contribution in [2.24, 2.45) is 0 Å². The zero-order valence-electron chi connectivity index (χ0n) is 21.8. The monoisotopic (exact) mass is 462 g/mol. The first-order valence-electron chi connectivity index (χ1n) is 13.2. The van der Waals surface area contributed by atoms with Crippen LogP contribution in [0.4, 0.5) is 0 Å². The van der Waals surface area contributed by atoms with Crippen LogP contribution < -0.4 is 0 Å². The van der Waals surface area contributed by atoms with Crippen molar-refractivity contribution < 1.29 is 29.8 Å². The van der Waals surface area contributed by atoms with E-state index in [0.29, 0.717) is 0 Å². The van der Waals surface area contributed by atoms with Gasteiger partial charge in [0.05, 0.1) is 26.2 Å². The molecule has 32 heavy (non-hydrogen) atoms. The van der Waals surface area contributed by atoms with Gasteiger partial charge in [-0.2, -0.15) is 0 Å². The second kappa shape index (κ2) is 26.1. The minimum Gasteiger partial charge on any atom is -0.481 e. The second-order valence-electron chi connectivity index (χ2n) is 9.06. The predicted octanol–water partition coefficient (Wildman–Crippen LogP) is 6.46. The predicted molar refractivity (Wildman–Crippen MR) is 135 cm³/mol. The van der Waals surface area contributed by atoms with Crippen molar-refractivity contribution in [3.8, 4) is 0 Å². The van der Waals surface area contributed by atoms with E-state index in [0.717, 1.165) is 38.5 Å². The SMILES string of the molecule is CCCC[N+](CCCC)(CCCC)CCCC.O.O=C(O)CCCCCCCCC(=O)O. The van der Waals surface area contributed by atoms with Crippen LogP contribution in [-0.2, 0) is 9.59 Å². The van der Waals surface area contributed by atoms with Gasteiger partial charge in [-0.25, -0.2) is 0 Å². The molecule has 0 aliphatic rings. The number of carbonyl (C=O) groups is 2. The van der Waals surface area contributed by atoms with Crippen LogP contribution in [0.3, 0.4) is 0 Å².